The minimum absolute atomic E-state index is 0.0725. The van der Waals surface area contributed by atoms with Crippen LogP contribution in [0.5, 0.6) is 17.2 Å². The fourth-order valence-electron chi connectivity index (χ4n) is 2.67. The molecule has 2 aromatic rings. The second-order valence-corrected chi connectivity index (χ2v) is 8.88. The van der Waals surface area contributed by atoms with Crippen LogP contribution in [-0.2, 0) is 14.8 Å². The molecule has 31 heavy (non-hydrogen) atoms. The Balaban J connectivity index is 2.15. The van der Waals surface area contributed by atoms with E-state index in [1.165, 1.54) is 44.7 Å². The number of sulfonamides is 1. The average Bonchev–Trinajstić information content (AvgIpc) is 2.73. The molecule has 0 heterocycles. The molecular formula is C21H27N3O6S. The molecule has 9 nitrogen and oxygen atoms in total. The van der Waals surface area contributed by atoms with E-state index >= 15 is 0 Å². The number of methoxy groups -OCH3 is 2. The van der Waals surface area contributed by atoms with Gasteiger partial charge in [-0.15, -0.1) is 0 Å². The molecule has 0 spiro atoms. The molecule has 0 aliphatic heterocycles. The molecule has 1 atom stereocenters. The third kappa shape index (κ3) is 6.19. The van der Waals surface area contributed by atoms with Gasteiger partial charge in [-0.2, -0.15) is 9.82 Å². The van der Waals surface area contributed by atoms with Gasteiger partial charge >= 0.3 is 0 Å². The van der Waals surface area contributed by atoms with Crippen LogP contribution in [0.15, 0.2) is 46.4 Å². The second kappa shape index (κ2) is 10.3. The molecule has 0 aromatic heterocycles. The maximum Gasteiger partial charge on any atom is 0.258 e. The number of rotatable bonds is 9. The zero-order valence-electron chi connectivity index (χ0n) is 18.0. The number of phenolic OH excluding ortho intramolecular Hbond substituents is 1. The Morgan fingerprint density at radius 3 is 2.13 bits per heavy atom. The summed E-state index contributed by atoms with van der Waals surface area (Å²) in [5, 5.41) is 13.8. The van der Waals surface area contributed by atoms with Crippen LogP contribution in [0.1, 0.15) is 25.0 Å². The maximum atomic E-state index is 12.7. The largest absolute Gasteiger partial charge is 0.502 e. The molecule has 0 unspecified atom stereocenters. The molecule has 0 aliphatic carbocycles. The van der Waals surface area contributed by atoms with Gasteiger partial charge in [-0.1, -0.05) is 31.5 Å². The molecule has 0 bridgehead atoms. The standard InChI is InChI=1S/C21H27N3O6S/c1-13(2)19(24-31(27,28)16-8-6-14(3)7-9-16)21(26)23-22-12-15-10-17(29-4)20(25)18(11-15)30-5/h6-13,19,24-25H,1-5H3,(H,23,26)/b22-12-/t19-/m0/s1. The van der Waals surface area contributed by atoms with Gasteiger partial charge in [0, 0.05) is 5.56 Å². The summed E-state index contributed by atoms with van der Waals surface area (Å²) in [7, 11) is -1.10. The van der Waals surface area contributed by atoms with Crippen molar-refractivity contribution in [2.75, 3.05) is 14.2 Å². The zero-order chi connectivity index (χ0) is 23.2. The summed E-state index contributed by atoms with van der Waals surface area (Å²) in [5.41, 5.74) is 3.76. The van der Waals surface area contributed by atoms with E-state index in [9.17, 15) is 18.3 Å². The van der Waals surface area contributed by atoms with Crippen LogP contribution in [0.4, 0.5) is 0 Å². The van der Waals surface area contributed by atoms with Crippen LogP contribution in [0.2, 0.25) is 0 Å². The maximum absolute atomic E-state index is 12.7. The molecule has 10 heteroatoms. The van der Waals surface area contributed by atoms with Crippen molar-refractivity contribution in [1.29, 1.82) is 0 Å². The highest BCUT2D eigenvalue weighted by molar-refractivity contribution is 7.89. The first-order chi connectivity index (χ1) is 14.6. The van der Waals surface area contributed by atoms with Gasteiger partial charge in [-0.3, -0.25) is 4.79 Å². The van der Waals surface area contributed by atoms with E-state index in [2.05, 4.69) is 15.2 Å². The Hall–Kier alpha value is -3.11. The fourth-order valence-corrected chi connectivity index (χ4v) is 4.02. The quantitative estimate of drug-likeness (QED) is 0.398. The van der Waals surface area contributed by atoms with Gasteiger partial charge in [0.25, 0.3) is 5.91 Å². The number of hydrogen-bond acceptors (Lipinski definition) is 7. The number of benzene rings is 2. The van der Waals surface area contributed by atoms with Crippen LogP contribution in [-0.4, -0.2) is 45.9 Å². The number of nitrogens with one attached hydrogen (secondary N) is 2. The third-order valence-electron chi connectivity index (χ3n) is 4.45. The van der Waals surface area contributed by atoms with Crippen molar-refractivity contribution in [2.45, 2.75) is 31.7 Å². The van der Waals surface area contributed by atoms with Crippen molar-refractivity contribution in [3.63, 3.8) is 0 Å². The van der Waals surface area contributed by atoms with Gasteiger partial charge < -0.3 is 14.6 Å². The van der Waals surface area contributed by atoms with E-state index in [1.807, 2.05) is 6.92 Å². The van der Waals surface area contributed by atoms with E-state index in [4.69, 9.17) is 9.47 Å². The van der Waals surface area contributed by atoms with Crippen molar-refractivity contribution in [1.82, 2.24) is 10.1 Å². The fraction of sp³-hybridized carbons (Fsp3) is 0.333. The smallest absolute Gasteiger partial charge is 0.258 e. The van der Waals surface area contributed by atoms with Gasteiger partial charge in [0.2, 0.25) is 15.8 Å². The van der Waals surface area contributed by atoms with E-state index in [-0.39, 0.29) is 28.1 Å². The Morgan fingerprint density at radius 1 is 1.10 bits per heavy atom. The molecule has 0 fully saturated rings. The van der Waals surface area contributed by atoms with Crippen molar-refractivity contribution < 1.29 is 27.8 Å². The van der Waals surface area contributed by atoms with Crippen molar-refractivity contribution in [3.8, 4) is 17.2 Å². The first-order valence-electron chi connectivity index (χ1n) is 9.46. The minimum atomic E-state index is -3.89. The van der Waals surface area contributed by atoms with Crippen LogP contribution in [0.3, 0.4) is 0 Å². The summed E-state index contributed by atoms with van der Waals surface area (Å²) in [6, 6.07) is 8.31. The van der Waals surface area contributed by atoms with Crippen molar-refractivity contribution in [2.24, 2.45) is 11.0 Å². The van der Waals surface area contributed by atoms with Crippen molar-refractivity contribution in [3.05, 3.63) is 47.5 Å². The van der Waals surface area contributed by atoms with Gasteiger partial charge in [0.05, 0.1) is 25.3 Å². The lowest BCUT2D eigenvalue weighted by molar-refractivity contribution is -0.123. The summed E-state index contributed by atoms with van der Waals surface area (Å²) in [6.07, 6.45) is 1.33. The molecule has 2 aromatic carbocycles. The van der Waals surface area contributed by atoms with E-state index in [1.54, 1.807) is 26.0 Å². The van der Waals surface area contributed by atoms with Gasteiger partial charge in [-0.25, -0.2) is 13.8 Å². The summed E-state index contributed by atoms with van der Waals surface area (Å²) in [6.45, 7) is 5.30. The highest BCUT2D eigenvalue weighted by Crippen LogP contribution is 2.36. The lowest BCUT2D eigenvalue weighted by Gasteiger charge is -2.20. The molecule has 3 N–H and O–H groups in total. The Bertz CT molecular complexity index is 1020. The van der Waals surface area contributed by atoms with E-state index in [0.29, 0.717) is 5.56 Å². The number of phenols is 1. The lowest BCUT2D eigenvalue weighted by atomic mass is 10.1. The normalized spacial score (nSPS) is 12.7. The average molecular weight is 450 g/mol. The topological polar surface area (TPSA) is 126 Å². The predicted octanol–water partition coefficient (Wildman–Crippen LogP) is 2.17. The molecule has 0 radical (unpaired) electrons. The monoisotopic (exact) mass is 449 g/mol. The zero-order valence-corrected chi connectivity index (χ0v) is 18.9. The SMILES string of the molecule is COc1cc(/C=N\NC(=O)[C@@H](NS(=O)(=O)c2ccc(C)cc2)C(C)C)cc(OC)c1O. The molecular weight excluding hydrogens is 422 g/mol. The molecule has 0 saturated carbocycles. The van der Waals surface area contributed by atoms with Gasteiger partial charge in [0.15, 0.2) is 11.5 Å². The van der Waals surface area contributed by atoms with Gasteiger partial charge in [0.1, 0.15) is 6.04 Å². The number of nitrogens with zero attached hydrogens (tertiary/aromatic N) is 1. The Morgan fingerprint density at radius 2 is 1.65 bits per heavy atom. The molecule has 168 valence electrons. The first kappa shape index (κ1) is 24.2. The van der Waals surface area contributed by atoms with E-state index in [0.717, 1.165) is 5.56 Å². The molecule has 1 amide bonds. The summed E-state index contributed by atoms with van der Waals surface area (Å²) >= 11 is 0. The number of aryl methyl sites for hydroxylation is 1. The summed E-state index contributed by atoms with van der Waals surface area (Å²) < 4.78 is 37.9. The summed E-state index contributed by atoms with van der Waals surface area (Å²) in [4.78, 5) is 12.7. The number of carbonyl (C=O) groups excluding carboxylic acids is 1. The molecule has 0 saturated heterocycles. The number of hydrazone groups is 1. The van der Waals surface area contributed by atoms with Crippen LogP contribution in [0, 0.1) is 12.8 Å². The van der Waals surface area contributed by atoms with Crippen LogP contribution < -0.4 is 19.6 Å². The minimum Gasteiger partial charge on any atom is -0.502 e. The molecule has 0 aliphatic rings. The van der Waals surface area contributed by atoms with Crippen molar-refractivity contribution >= 4 is 22.1 Å². The van der Waals surface area contributed by atoms with Crippen LogP contribution >= 0.6 is 0 Å². The third-order valence-corrected chi connectivity index (χ3v) is 5.91. The molecule has 2 rings (SSSR count). The Kier molecular flexibility index (Phi) is 8.01. The number of amides is 1. The predicted molar refractivity (Wildman–Crippen MR) is 117 cm³/mol. The van der Waals surface area contributed by atoms with Crippen LogP contribution in [0.25, 0.3) is 0 Å². The van der Waals surface area contributed by atoms with Gasteiger partial charge in [-0.05, 0) is 37.1 Å². The number of hydrogen-bond donors (Lipinski definition) is 3. The highest BCUT2D eigenvalue weighted by Gasteiger charge is 2.28. The highest BCUT2D eigenvalue weighted by atomic mass is 32.2. The number of carbonyl (C=O) groups is 1. The Labute approximate surface area is 182 Å². The summed E-state index contributed by atoms with van der Waals surface area (Å²) in [5.74, 6) is -0.739. The first-order valence-corrected chi connectivity index (χ1v) is 10.9. The lowest BCUT2D eigenvalue weighted by Crippen LogP contribution is -2.48. The van der Waals surface area contributed by atoms with E-state index < -0.39 is 22.0 Å². The number of ether oxygens (including phenoxy) is 2. The second-order valence-electron chi connectivity index (χ2n) is 7.16. The number of aromatic hydroxyl groups is 1.